The van der Waals surface area contributed by atoms with E-state index < -0.39 is 0 Å². The second-order valence-electron chi connectivity index (χ2n) is 4.17. The molecule has 2 rings (SSSR count). The predicted octanol–water partition coefficient (Wildman–Crippen LogP) is 1.39. The first-order valence-electron chi connectivity index (χ1n) is 5.23. The molecule has 2 aromatic heterocycles. The lowest BCUT2D eigenvalue weighted by molar-refractivity contribution is 0.620. The minimum absolute atomic E-state index is 0.537. The number of hydrogen-bond acceptors (Lipinski definition) is 3. The topological polar surface area (TPSA) is 56.2 Å². The Hall–Kier alpha value is -1.42. The molecule has 0 aliphatic rings. The molecule has 4 nitrogen and oxygen atoms in total. The zero-order valence-electron chi connectivity index (χ0n) is 9.14. The van der Waals surface area contributed by atoms with E-state index >= 15 is 0 Å². The van der Waals surface area contributed by atoms with Gasteiger partial charge in [-0.3, -0.25) is 0 Å². The molecule has 0 spiro atoms. The van der Waals surface area contributed by atoms with Crippen molar-refractivity contribution in [3.05, 3.63) is 29.7 Å². The van der Waals surface area contributed by atoms with Crippen LogP contribution in [0.4, 0.5) is 0 Å². The summed E-state index contributed by atoms with van der Waals surface area (Å²) in [6, 6.07) is 3.95. The van der Waals surface area contributed by atoms with Crippen LogP contribution in [0.3, 0.4) is 0 Å². The summed E-state index contributed by atoms with van der Waals surface area (Å²) >= 11 is 0. The van der Waals surface area contributed by atoms with E-state index in [-0.39, 0.29) is 0 Å². The number of rotatable bonds is 3. The maximum absolute atomic E-state index is 5.57. The van der Waals surface area contributed by atoms with Crippen LogP contribution < -0.4 is 5.73 Å². The first-order chi connectivity index (χ1) is 7.19. The van der Waals surface area contributed by atoms with E-state index in [1.165, 1.54) is 0 Å². The molecular weight excluding hydrogens is 188 g/mol. The van der Waals surface area contributed by atoms with E-state index in [2.05, 4.69) is 23.9 Å². The van der Waals surface area contributed by atoms with Crippen LogP contribution in [-0.2, 0) is 13.0 Å². The highest BCUT2D eigenvalue weighted by molar-refractivity contribution is 5.38. The van der Waals surface area contributed by atoms with Crippen LogP contribution in [0.2, 0.25) is 0 Å². The summed E-state index contributed by atoms with van der Waals surface area (Å²) in [5.41, 5.74) is 7.53. The Bertz CT molecular complexity index is 459. The van der Waals surface area contributed by atoms with Gasteiger partial charge in [0.15, 0.2) is 11.5 Å². The summed E-state index contributed by atoms with van der Waals surface area (Å²) < 4.78 is 1.81. The third-order valence-electron chi connectivity index (χ3n) is 2.26. The van der Waals surface area contributed by atoms with E-state index in [9.17, 15) is 0 Å². The third kappa shape index (κ3) is 2.15. The normalized spacial score (nSPS) is 11.5. The molecule has 0 fully saturated rings. The lowest BCUT2D eigenvalue weighted by atomic mass is 10.1. The van der Waals surface area contributed by atoms with Gasteiger partial charge in [0.2, 0.25) is 0 Å². The molecule has 0 aliphatic heterocycles. The third-order valence-corrected chi connectivity index (χ3v) is 2.26. The highest BCUT2D eigenvalue weighted by Crippen LogP contribution is 2.07. The molecule has 80 valence electrons. The minimum atomic E-state index is 0.537. The molecule has 2 N–H and O–H groups in total. The molecular formula is C11H16N4. The highest BCUT2D eigenvalue weighted by Gasteiger charge is 2.05. The van der Waals surface area contributed by atoms with E-state index in [4.69, 9.17) is 5.73 Å². The number of fused-ring (bicyclic) bond motifs is 1. The molecule has 0 bridgehead atoms. The fraction of sp³-hybridized carbons (Fsp3) is 0.455. The van der Waals surface area contributed by atoms with Crippen molar-refractivity contribution in [3.8, 4) is 0 Å². The zero-order chi connectivity index (χ0) is 10.8. The average molecular weight is 204 g/mol. The fourth-order valence-corrected chi connectivity index (χ4v) is 1.54. The molecule has 2 aromatic rings. The molecule has 0 amide bonds. The quantitative estimate of drug-likeness (QED) is 0.822. The molecule has 2 heterocycles. The Labute approximate surface area is 89.1 Å². The van der Waals surface area contributed by atoms with Crippen LogP contribution in [0.15, 0.2) is 18.3 Å². The van der Waals surface area contributed by atoms with Gasteiger partial charge in [-0.1, -0.05) is 19.9 Å². The van der Waals surface area contributed by atoms with Gasteiger partial charge >= 0.3 is 0 Å². The summed E-state index contributed by atoms with van der Waals surface area (Å²) in [6.45, 7) is 4.86. The van der Waals surface area contributed by atoms with Crippen molar-refractivity contribution in [2.75, 3.05) is 0 Å². The molecule has 0 unspecified atom stereocenters. The Kier molecular flexibility index (Phi) is 2.68. The van der Waals surface area contributed by atoms with Crippen LogP contribution in [0.5, 0.6) is 0 Å². The summed E-state index contributed by atoms with van der Waals surface area (Å²) in [7, 11) is 0. The van der Waals surface area contributed by atoms with Gasteiger partial charge in [0.25, 0.3) is 0 Å². The van der Waals surface area contributed by atoms with Gasteiger partial charge in [-0.05, 0) is 17.5 Å². The maximum Gasteiger partial charge on any atom is 0.155 e. The monoisotopic (exact) mass is 204 g/mol. The van der Waals surface area contributed by atoms with Crippen molar-refractivity contribution in [2.45, 2.75) is 26.8 Å². The van der Waals surface area contributed by atoms with Gasteiger partial charge in [-0.2, -0.15) is 5.10 Å². The van der Waals surface area contributed by atoms with E-state index in [1.54, 1.807) is 4.52 Å². The van der Waals surface area contributed by atoms with Gasteiger partial charge < -0.3 is 5.73 Å². The second-order valence-corrected chi connectivity index (χ2v) is 4.17. The first kappa shape index (κ1) is 10.1. The van der Waals surface area contributed by atoms with E-state index in [0.29, 0.717) is 12.5 Å². The minimum Gasteiger partial charge on any atom is -0.326 e. The number of nitrogens with zero attached hydrogens (tertiary/aromatic N) is 3. The van der Waals surface area contributed by atoms with Crippen LogP contribution in [-0.4, -0.2) is 14.6 Å². The molecule has 4 heteroatoms. The van der Waals surface area contributed by atoms with Crippen molar-refractivity contribution in [1.29, 1.82) is 0 Å². The molecule has 15 heavy (non-hydrogen) atoms. The number of hydrogen-bond donors (Lipinski definition) is 1. The SMILES string of the molecule is CC(C)Cc1nc2ccc(CN)cn2n1. The molecule has 0 aromatic carbocycles. The van der Waals surface area contributed by atoms with Crippen LogP contribution in [0.1, 0.15) is 25.2 Å². The molecule has 0 radical (unpaired) electrons. The molecule has 0 aliphatic carbocycles. The van der Waals surface area contributed by atoms with Crippen molar-refractivity contribution in [1.82, 2.24) is 14.6 Å². The Balaban J connectivity index is 2.37. The molecule has 0 saturated heterocycles. The number of aromatic nitrogens is 3. The lowest BCUT2D eigenvalue weighted by Gasteiger charge is -1.97. The fourth-order valence-electron chi connectivity index (χ4n) is 1.54. The van der Waals surface area contributed by atoms with Gasteiger partial charge in [-0.25, -0.2) is 9.50 Å². The van der Waals surface area contributed by atoms with Crippen LogP contribution in [0, 0.1) is 5.92 Å². The number of nitrogens with two attached hydrogens (primary N) is 1. The Morgan fingerprint density at radius 3 is 2.87 bits per heavy atom. The summed E-state index contributed by atoms with van der Waals surface area (Å²) in [6.07, 6.45) is 2.85. The standard InChI is InChI=1S/C11H16N4/c1-8(2)5-10-13-11-4-3-9(6-12)7-15(11)14-10/h3-4,7-8H,5-6,12H2,1-2H3. The molecule has 0 atom stereocenters. The zero-order valence-corrected chi connectivity index (χ0v) is 9.14. The summed E-state index contributed by atoms with van der Waals surface area (Å²) in [5, 5.41) is 4.41. The average Bonchev–Trinajstić information content (AvgIpc) is 2.57. The lowest BCUT2D eigenvalue weighted by Crippen LogP contribution is -1.99. The van der Waals surface area contributed by atoms with E-state index in [0.717, 1.165) is 23.5 Å². The van der Waals surface area contributed by atoms with Crippen molar-refractivity contribution in [3.63, 3.8) is 0 Å². The smallest absolute Gasteiger partial charge is 0.155 e. The van der Waals surface area contributed by atoms with Gasteiger partial charge in [0, 0.05) is 19.2 Å². The van der Waals surface area contributed by atoms with Gasteiger partial charge in [0.05, 0.1) is 0 Å². The van der Waals surface area contributed by atoms with Crippen LogP contribution in [0.25, 0.3) is 5.65 Å². The Morgan fingerprint density at radius 1 is 1.40 bits per heavy atom. The largest absolute Gasteiger partial charge is 0.326 e. The second kappa shape index (κ2) is 3.98. The maximum atomic E-state index is 5.57. The first-order valence-corrected chi connectivity index (χ1v) is 5.23. The Morgan fingerprint density at radius 2 is 2.20 bits per heavy atom. The predicted molar refractivity (Wildman–Crippen MR) is 59.4 cm³/mol. The van der Waals surface area contributed by atoms with Crippen molar-refractivity contribution < 1.29 is 0 Å². The number of pyridine rings is 1. The summed E-state index contributed by atoms with van der Waals surface area (Å²) in [5.74, 6) is 1.48. The highest BCUT2D eigenvalue weighted by atomic mass is 15.3. The van der Waals surface area contributed by atoms with Crippen molar-refractivity contribution >= 4 is 5.65 Å². The summed E-state index contributed by atoms with van der Waals surface area (Å²) in [4.78, 5) is 4.44. The molecule has 0 saturated carbocycles. The van der Waals surface area contributed by atoms with Crippen molar-refractivity contribution in [2.24, 2.45) is 11.7 Å². The van der Waals surface area contributed by atoms with Crippen LogP contribution >= 0.6 is 0 Å². The van der Waals surface area contributed by atoms with E-state index in [1.807, 2.05) is 18.3 Å². The van der Waals surface area contributed by atoms with Gasteiger partial charge in [0.1, 0.15) is 0 Å². The van der Waals surface area contributed by atoms with Gasteiger partial charge in [-0.15, -0.1) is 0 Å².